The summed E-state index contributed by atoms with van der Waals surface area (Å²) in [5.74, 6) is 1.37. The zero-order valence-electron chi connectivity index (χ0n) is 13.7. The molecule has 2 aliphatic rings. The number of hydrogen-bond donors (Lipinski definition) is 2. The van der Waals surface area contributed by atoms with Gasteiger partial charge in [-0.3, -0.25) is 14.9 Å². The molecule has 0 saturated carbocycles. The minimum absolute atomic E-state index is 0.137. The molecule has 0 bridgehead atoms. The lowest BCUT2D eigenvalue weighted by Gasteiger charge is -2.40. The smallest absolute Gasteiger partial charge is 0.230 e. The van der Waals surface area contributed by atoms with Gasteiger partial charge in [-0.1, -0.05) is 0 Å². The number of rotatable bonds is 3. The number of hydrogen-bond acceptors (Lipinski definition) is 5. The SMILES string of the molecule is O=C(Cc1nc(-c2ccncc2)n[nH]1)N1CCC[C@]2(CCNC2)C1. The lowest BCUT2D eigenvalue weighted by Crippen LogP contribution is -2.47. The van der Waals surface area contributed by atoms with Crippen molar-refractivity contribution >= 4 is 5.91 Å². The first-order chi connectivity index (χ1) is 11.7. The van der Waals surface area contributed by atoms with E-state index in [2.05, 4.69) is 25.5 Å². The van der Waals surface area contributed by atoms with E-state index in [9.17, 15) is 4.79 Å². The topological polar surface area (TPSA) is 86.8 Å². The quantitative estimate of drug-likeness (QED) is 0.879. The van der Waals surface area contributed by atoms with Crippen LogP contribution >= 0.6 is 0 Å². The fraction of sp³-hybridized carbons (Fsp3) is 0.529. The highest BCUT2D eigenvalue weighted by molar-refractivity contribution is 5.78. The third-order valence-corrected chi connectivity index (χ3v) is 5.14. The monoisotopic (exact) mass is 326 g/mol. The van der Waals surface area contributed by atoms with Gasteiger partial charge in [0.2, 0.25) is 5.91 Å². The molecule has 0 radical (unpaired) electrons. The summed E-state index contributed by atoms with van der Waals surface area (Å²) in [6.07, 6.45) is 7.18. The highest BCUT2D eigenvalue weighted by atomic mass is 16.2. The van der Waals surface area contributed by atoms with Crippen LogP contribution in [0.4, 0.5) is 0 Å². The number of aromatic amines is 1. The van der Waals surface area contributed by atoms with Gasteiger partial charge in [-0.25, -0.2) is 4.98 Å². The van der Waals surface area contributed by atoms with E-state index in [-0.39, 0.29) is 17.7 Å². The van der Waals surface area contributed by atoms with E-state index < -0.39 is 0 Å². The Morgan fingerprint density at radius 2 is 2.17 bits per heavy atom. The van der Waals surface area contributed by atoms with Gasteiger partial charge in [0.25, 0.3) is 0 Å². The van der Waals surface area contributed by atoms with Crippen molar-refractivity contribution in [3.05, 3.63) is 30.4 Å². The minimum Gasteiger partial charge on any atom is -0.342 e. The van der Waals surface area contributed by atoms with Gasteiger partial charge >= 0.3 is 0 Å². The molecule has 24 heavy (non-hydrogen) atoms. The molecule has 1 atom stereocenters. The van der Waals surface area contributed by atoms with Gasteiger partial charge in [0.15, 0.2) is 5.82 Å². The first-order valence-corrected chi connectivity index (χ1v) is 8.54. The maximum atomic E-state index is 12.7. The normalized spacial score (nSPS) is 23.8. The van der Waals surface area contributed by atoms with Gasteiger partial charge in [0.05, 0.1) is 6.42 Å². The number of amides is 1. The summed E-state index contributed by atoms with van der Waals surface area (Å²) >= 11 is 0. The molecule has 7 heteroatoms. The molecule has 4 rings (SSSR count). The summed E-state index contributed by atoms with van der Waals surface area (Å²) in [5.41, 5.74) is 1.19. The predicted octanol–water partition coefficient (Wildman–Crippen LogP) is 1.01. The van der Waals surface area contributed by atoms with E-state index in [1.807, 2.05) is 17.0 Å². The van der Waals surface area contributed by atoms with E-state index in [0.29, 0.717) is 11.6 Å². The van der Waals surface area contributed by atoms with Gasteiger partial charge in [0.1, 0.15) is 5.82 Å². The summed E-state index contributed by atoms with van der Waals surface area (Å²) in [6.45, 7) is 3.82. The highest BCUT2D eigenvalue weighted by Crippen LogP contribution is 2.35. The van der Waals surface area contributed by atoms with Crippen LogP contribution in [-0.2, 0) is 11.2 Å². The highest BCUT2D eigenvalue weighted by Gasteiger charge is 2.39. The molecule has 2 fully saturated rings. The van der Waals surface area contributed by atoms with Crippen molar-refractivity contribution in [2.24, 2.45) is 5.41 Å². The van der Waals surface area contributed by atoms with Gasteiger partial charge in [-0.2, -0.15) is 5.10 Å². The fourth-order valence-corrected chi connectivity index (χ4v) is 3.82. The largest absolute Gasteiger partial charge is 0.342 e. The molecule has 0 unspecified atom stereocenters. The molecule has 1 amide bonds. The number of carbonyl (C=O) groups excluding carboxylic acids is 1. The standard InChI is InChI=1S/C17H22N6O/c24-15(23-9-1-4-17(12-23)5-8-19-11-17)10-14-20-16(22-21-14)13-2-6-18-7-3-13/h2-3,6-7,19H,1,4-5,8-12H2,(H,20,21,22)/t17-/m1/s1. The molecule has 2 aromatic heterocycles. The van der Waals surface area contributed by atoms with Crippen molar-refractivity contribution in [3.8, 4) is 11.4 Å². The number of aromatic nitrogens is 4. The molecular formula is C17H22N6O. The molecular weight excluding hydrogens is 304 g/mol. The number of nitrogens with one attached hydrogen (secondary N) is 2. The van der Waals surface area contributed by atoms with Gasteiger partial charge < -0.3 is 10.2 Å². The van der Waals surface area contributed by atoms with Crippen LogP contribution in [0.5, 0.6) is 0 Å². The van der Waals surface area contributed by atoms with Crippen molar-refractivity contribution in [2.75, 3.05) is 26.2 Å². The fourth-order valence-electron chi connectivity index (χ4n) is 3.82. The van der Waals surface area contributed by atoms with Crippen molar-refractivity contribution < 1.29 is 4.79 Å². The second kappa shape index (κ2) is 6.32. The first-order valence-electron chi connectivity index (χ1n) is 8.54. The third-order valence-electron chi connectivity index (χ3n) is 5.14. The van der Waals surface area contributed by atoms with Crippen LogP contribution in [-0.4, -0.2) is 57.2 Å². The Balaban J connectivity index is 1.42. The minimum atomic E-state index is 0.137. The second-order valence-electron chi connectivity index (χ2n) is 6.86. The lowest BCUT2D eigenvalue weighted by molar-refractivity contribution is -0.133. The van der Waals surface area contributed by atoms with Gasteiger partial charge in [-0.05, 0) is 37.9 Å². The van der Waals surface area contributed by atoms with Crippen LogP contribution in [0.2, 0.25) is 0 Å². The van der Waals surface area contributed by atoms with Crippen molar-refractivity contribution in [1.29, 1.82) is 0 Å². The molecule has 0 aromatic carbocycles. The van der Waals surface area contributed by atoms with Crippen LogP contribution in [0.25, 0.3) is 11.4 Å². The first kappa shape index (κ1) is 15.3. The van der Waals surface area contributed by atoms with E-state index in [0.717, 1.165) is 38.2 Å². The maximum absolute atomic E-state index is 12.7. The molecule has 2 N–H and O–H groups in total. The Morgan fingerprint density at radius 1 is 1.29 bits per heavy atom. The van der Waals surface area contributed by atoms with Crippen LogP contribution in [0.1, 0.15) is 25.1 Å². The zero-order chi connectivity index (χ0) is 16.4. The van der Waals surface area contributed by atoms with E-state index in [1.54, 1.807) is 12.4 Å². The number of likely N-dealkylation sites (tertiary alicyclic amines) is 1. The number of nitrogens with zero attached hydrogens (tertiary/aromatic N) is 4. The molecule has 126 valence electrons. The molecule has 2 aromatic rings. The Hall–Kier alpha value is -2.28. The number of piperidine rings is 1. The Kier molecular flexibility index (Phi) is 4.02. The summed E-state index contributed by atoms with van der Waals surface area (Å²) < 4.78 is 0. The van der Waals surface area contributed by atoms with Crippen LogP contribution in [0.15, 0.2) is 24.5 Å². The molecule has 1 spiro atoms. The summed E-state index contributed by atoms with van der Waals surface area (Å²) in [4.78, 5) is 23.1. The zero-order valence-corrected chi connectivity index (χ0v) is 13.7. The van der Waals surface area contributed by atoms with Crippen molar-refractivity contribution in [2.45, 2.75) is 25.7 Å². The van der Waals surface area contributed by atoms with Crippen LogP contribution in [0.3, 0.4) is 0 Å². The van der Waals surface area contributed by atoms with Gasteiger partial charge in [0, 0.05) is 43.0 Å². The molecule has 2 saturated heterocycles. The third kappa shape index (κ3) is 3.03. The van der Waals surface area contributed by atoms with Crippen molar-refractivity contribution in [3.63, 3.8) is 0 Å². The Morgan fingerprint density at radius 3 is 2.96 bits per heavy atom. The Labute approximate surface area is 140 Å². The predicted molar refractivity (Wildman–Crippen MR) is 89.1 cm³/mol. The van der Waals surface area contributed by atoms with E-state index in [4.69, 9.17) is 0 Å². The van der Waals surface area contributed by atoms with E-state index >= 15 is 0 Å². The summed E-state index contributed by atoms with van der Waals surface area (Å²) in [5, 5.41) is 10.5. The van der Waals surface area contributed by atoms with Crippen molar-refractivity contribution in [1.82, 2.24) is 30.4 Å². The average Bonchev–Trinajstić information content (AvgIpc) is 3.26. The summed E-state index contributed by atoms with van der Waals surface area (Å²) in [7, 11) is 0. The molecule has 4 heterocycles. The number of H-pyrrole nitrogens is 1. The lowest BCUT2D eigenvalue weighted by atomic mass is 9.79. The van der Waals surface area contributed by atoms with Gasteiger partial charge in [-0.15, -0.1) is 0 Å². The van der Waals surface area contributed by atoms with Crippen LogP contribution < -0.4 is 5.32 Å². The Bertz CT molecular complexity index is 707. The number of pyridine rings is 1. The number of carbonyl (C=O) groups is 1. The summed E-state index contributed by atoms with van der Waals surface area (Å²) in [6, 6.07) is 3.71. The maximum Gasteiger partial charge on any atom is 0.230 e. The molecule has 2 aliphatic heterocycles. The average molecular weight is 326 g/mol. The molecule has 0 aliphatic carbocycles. The van der Waals surface area contributed by atoms with Crippen LogP contribution in [0, 0.1) is 5.41 Å². The second-order valence-corrected chi connectivity index (χ2v) is 6.86. The van der Waals surface area contributed by atoms with E-state index in [1.165, 1.54) is 12.8 Å². The molecule has 7 nitrogen and oxygen atoms in total.